The van der Waals surface area contributed by atoms with Crippen molar-refractivity contribution in [2.45, 2.75) is 136 Å². The summed E-state index contributed by atoms with van der Waals surface area (Å²) in [5.74, 6) is -1.69. The van der Waals surface area contributed by atoms with Gasteiger partial charge in [0.25, 0.3) is 23.6 Å². The van der Waals surface area contributed by atoms with Crippen molar-refractivity contribution in [2.24, 2.45) is 0 Å². The van der Waals surface area contributed by atoms with Gasteiger partial charge in [-0.3, -0.25) is 28.9 Å². The first kappa shape index (κ1) is 52.8. The standard InChI is InChI=1S/C62H67FN2O7S2/c1-4-7-10-13-16-19-36-70-52-40-49(55-34-32-53(73-55)41-28-30-47-57-43(41)24-22-26-45(57)59(66)64(61(47)68)71-37-20-17-14-11-8-5-2)51(63)39-50(52)56-35-33-54(74-56)42-29-31-48-58-44(42)25-23-27-46(58)60(67)65(62(48)69)72-38-21-18-15-12-9-6-3/h22-35,39-40H,4-21,36-38H2,1-3H3. The van der Waals surface area contributed by atoms with Crippen molar-refractivity contribution in [1.29, 1.82) is 0 Å². The summed E-state index contributed by atoms with van der Waals surface area (Å²) in [4.78, 5) is 70.1. The maximum atomic E-state index is 16.8. The van der Waals surface area contributed by atoms with Crippen molar-refractivity contribution in [3.05, 3.63) is 125 Å². The number of benzene rings is 5. The molecule has 2 aromatic heterocycles. The highest BCUT2D eigenvalue weighted by Gasteiger charge is 2.36. The largest absolute Gasteiger partial charge is 0.493 e. The lowest BCUT2D eigenvalue weighted by Gasteiger charge is -2.26. The molecule has 0 saturated heterocycles. The number of hydroxylamine groups is 4. The highest BCUT2D eigenvalue weighted by atomic mass is 32.1. The second-order valence-corrected chi connectivity index (χ2v) is 21.7. The molecule has 7 aromatic rings. The van der Waals surface area contributed by atoms with Gasteiger partial charge in [0.2, 0.25) is 0 Å². The van der Waals surface area contributed by atoms with E-state index in [4.69, 9.17) is 14.4 Å². The van der Waals surface area contributed by atoms with Crippen LogP contribution in [0.2, 0.25) is 0 Å². The Balaban J connectivity index is 0.975. The number of carbonyl (C=O) groups is 4. The fraction of sp³-hybridized carbons (Fsp3) is 0.387. The molecule has 0 unspecified atom stereocenters. The molecule has 0 bridgehead atoms. The fourth-order valence-electron chi connectivity index (χ4n) is 10.3. The van der Waals surface area contributed by atoms with E-state index < -0.39 is 29.4 Å². The van der Waals surface area contributed by atoms with E-state index in [-0.39, 0.29) is 0 Å². The quantitative estimate of drug-likeness (QED) is 0.0356. The predicted octanol–water partition coefficient (Wildman–Crippen LogP) is 17.4. The number of nitrogens with zero attached hydrogens (tertiary/aromatic N) is 2. The number of ether oxygens (including phenoxy) is 1. The number of hydrogen-bond acceptors (Lipinski definition) is 9. The Kier molecular flexibility index (Phi) is 17.8. The lowest BCUT2D eigenvalue weighted by Crippen LogP contribution is -2.40. The number of thiophene rings is 2. The molecule has 9 rings (SSSR count). The van der Waals surface area contributed by atoms with Crippen LogP contribution in [0.15, 0.2) is 97.1 Å². The van der Waals surface area contributed by atoms with Gasteiger partial charge in [0.15, 0.2) is 0 Å². The van der Waals surface area contributed by atoms with E-state index >= 15 is 4.39 Å². The van der Waals surface area contributed by atoms with Gasteiger partial charge in [0, 0.05) is 41.4 Å². The van der Waals surface area contributed by atoms with E-state index in [2.05, 4.69) is 20.8 Å². The second kappa shape index (κ2) is 25.0. The van der Waals surface area contributed by atoms with Gasteiger partial charge in [0.05, 0.1) is 42.1 Å². The highest BCUT2D eigenvalue weighted by Crippen LogP contribution is 2.47. The van der Waals surface area contributed by atoms with Crippen LogP contribution >= 0.6 is 22.7 Å². The molecule has 4 heterocycles. The maximum Gasteiger partial charge on any atom is 0.285 e. The lowest BCUT2D eigenvalue weighted by atomic mass is 9.91. The molecule has 0 fully saturated rings. The van der Waals surface area contributed by atoms with Crippen LogP contribution in [0.3, 0.4) is 0 Å². The Hall–Kier alpha value is -6.05. The lowest BCUT2D eigenvalue weighted by molar-refractivity contribution is -0.0963. The molecule has 2 aliphatic rings. The van der Waals surface area contributed by atoms with Crippen LogP contribution in [0.5, 0.6) is 5.75 Å². The molecule has 0 aliphatic carbocycles. The topological polar surface area (TPSA) is 102 Å². The zero-order chi connectivity index (χ0) is 51.6. The number of unbranched alkanes of at least 4 members (excludes halogenated alkanes) is 15. The fourth-order valence-corrected chi connectivity index (χ4v) is 12.4. The van der Waals surface area contributed by atoms with E-state index in [0.717, 1.165) is 104 Å². The molecular weight excluding hydrogens is 968 g/mol. The molecule has 0 N–H and O–H groups in total. The third-order valence-corrected chi connectivity index (χ3v) is 16.6. The Labute approximate surface area is 442 Å². The van der Waals surface area contributed by atoms with Crippen LogP contribution in [0.25, 0.3) is 63.3 Å². The number of halogens is 1. The van der Waals surface area contributed by atoms with E-state index in [1.165, 1.54) is 80.5 Å². The minimum atomic E-state index is -0.471. The van der Waals surface area contributed by atoms with Gasteiger partial charge in [-0.2, -0.15) is 0 Å². The third-order valence-electron chi connectivity index (χ3n) is 14.3. The molecule has 9 nitrogen and oxygen atoms in total. The highest BCUT2D eigenvalue weighted by molar-refractivity contribution is 7.19. The average Bonchev–Trinajstić information content (AvgIpc) is 4.12. The van der Waals surface area contributed by atoms with Crippen LogP contribution < -0.4 is 4.74 Å². The van der Waals surface area contributed by atoms with E-state index in [1.54, 1.807) is 30.3 Å². The maximum absolute atomic E-state index is 16.8. The number of carbonyl (C=O) groups excluding carboxylic acids is 4. The zero-order valence-corrected chi connectivity index (χ0v) is 44.7. The van der Waals surface area contributed by atoms with Crippen LogP contribution in [-0.2, 0) is 9.68 Å². The zero-order valence-electron chi connectivity index (χ0n) is 43.0. The number of amides is 4. The summed E-state index contributed by atoms with van der Waals surface area (Å²) in [6.45, 7) is 7.63. The molecule has 5 aromatic carbocycles. The number of rotatable bonds is 28. The van der Waals surface area contributed by atoms with Crippen molar-refractivity contribution >= 4 is 67.8 Å². The summed E-state index contributed by atoms with van der Waals surface area (Å²) in [5, 5.41) is 4.59. The smallest absolute Gasteiger partial charge is 0.285 e. The molecule has 12 heteroatoms. The summed E-state index contributed by atoms with van der Waals surface area (Å²) in [7, 11) is 0. The van der Waals surface area contributed by atoms with Crippen molar-refractivity contribution in [3.63, 3.8) is 0 Å². The average molecular weight is 1040 g/mol. The van der Waals surface area contributed by atoms with Gasteiger partial charge in [0.1, 0.15) is 11.6 Å². The Bertz CT molecular complexity index is 3110. The van der Waals surface area contributed by atoms with Crippen LogP contribution in [0.1, 0.15) is 178 Å². The molecule has 0 atom stereocenters. The molecule has 0 radical (unpaired) electrons. The van der Waals surface area contributed by atoms with Gasteiger partial charge in [-0.25, -0.2) is 4.39 Å². The Morgan fingerprint density at radius 2 is 0.757 bits per heavy atom. The summed E-state index contributed by atoms with van der Waals surface area (Å²) in [6, 6.07) is 29.6. The first-order valence-electron chi connectivity index (χ1n) is 27.1. The van der Waals surface area contributed by atoms with Crippen LogP contribution in [0, 0.1) is 5.82 Å². The summed E-state index contributed by atoms with van der Waals surface area (Å²) in [6.07, 6.45) is 19.3. The van der Waals surface area contributed by atoms with Crippen molar-refractivity contribution in [2.75, 3.05) is 19.8 Å². The SMILES string of the molecule is CCCCCCCCOc1cc(-c2ccc(-c3ccc4c5c(cccc35)C(=O)N(OCCCCCCCC)C4=O)s2)c(F)cc1-c1ccc(-c2ccc3c4c(cccc24)C(=O)N(OCCCCCCCC)C3=O)s1. The molecule has 74 heavy (non-hydrogen) atoms. The summed E-state index contributed by atoms with van der Waals surface area (Å²) < 4.78 is 23.4. The summed E-state index contributed by atoms with van der Waals surface area (Å²) in [5.41, 5.74) is 4.42. The monoisotopic (exact) mass is 1030 g/mol. The normalized spacial score (nSPS) is 13.4. The van der Waals surface area contributed by atoms with Crippen molar-refractivity contribution in [1.82, 2.24) is 10.1 Å². The van der Waals surface area contributed by atoms with E-state index in [9.17, 15) is 19.2 Å². The minimum Gasteiger partial charge on any atom is -0.493 e. The van der Waals surface area contributed by atoms with Crippen molar-refractivity contribution < 1.29 is 38.0 Å². The second-order valence-electron chi connectivity index (χ2n) is 19.6. The van der Waals surface area contributed by atoms with Gasteiger partial charge in [-0.1, -0.05) is 153 Å². The van der Waals surface area contributed by atoms with E-state index in [1.807, 2.05) is 66.7 Å². The first-order chi connectivity index (χ1) is 36.2. The molecule has 0 spiro atoms. The third kappa shape index (κ3) is 11.3. The molecule has 0 saturated carbocycles. The predicted molar refractivity (Wildman–Crippen MR) is 297 cm³/mol. The summed E-state index contributed by atoms with van der Waals surface area (Å²) >= 11 is 2.94. The minimum absolute atomic E-state index is 0.290. The van der Waals surface area contributed by atoms with Gasteiger partial charge >= 0.3 is 0 Å². The Morgan fingerprint density at radius 1 is 0.392 bits per heavy atom. The van der Waals surface area contributed by atoms with Gasteiger partial charge in [-0.15, -0.1) is 32.8 Å². The van der Waals surface area contributed by atoms with E-state index in [0.29, 0.717) is 74.6 Å². The molecule has 386 valence electrons. The van der Waals surface area contributed by atoms with Crippen LogP contribution in [0.4, 0.5) is 4.39 Å². The van der Waals surface area contributed by atoms with Crippen molar-refractivity contribution in [3.8, 4) is 47.5 Å². The Morgan fingerprint density at radius 3 is 1.20 bits per heavy atom. The van der Waals surface area contributed by atoms with Gasteiger partial charge in [-0.05, 0) is 102 Å². The number of hydrogen-bond donors (Lipinski definition) is 0. The number of imide groups is 2. The van der Waals surface area contributed by atoms with Gasteiger partial charge < -0.3 is 4.74 Å². The molecule has 4 amide bonds. The van der Waals surface area contributed by atoms with Crippen LogP contribution in [-0.4, -0.2) is 53.6 Å². The first-order valence-corrected chi connectivity index (χ1v) is 28.7. The molecular formula is C62H67FN2O7S2. The molecule has 2 aliphatic heterocycles.